The van der Waals surface area contributed by atoms with Gasteiger partial charge in [0.15, 0.2) is 12.4 Å². The fourth-order valence-corrected chi connectivity index (χ4v) is 1.09. The average molecular weight is 236 g/mol. The highest BCUT2D eigenvalue weighted by Crippen LogP contribution is 2.22. The molecule has 82 valence electrons. The second-order valence-corrected chi connectivity index (χ2v) is 3.18. The molecule has 0 saturated carbocycles. The highest BCUT2D eigenvalue weighted by atomic mass is 35.5. The van der Waals surface area contributed by atoms with Gasteiger partial charge < -0.3 is 4.74 Å². The standard InChI is InChI=1S/C9H8ClF2NO2/c1-5(14)6-2-7(10)9(13-3-6)15-4-8(11)12/h2-3,8H,4H2,1H3. The third kappa shape index (κ3) is 3.43. The zero-order valence-corrected chi connectivity index (χ0v) is 8.59. The first-order valence-corrected chi connectivity index (χ1v) is 4.46. The van der Waals surface area contributed by atoms with Gasteiger partial charge in [-0.3, -0.25) is 4.79 Å². The van der Waals surface area contributed by atoms with Crippen molar-refractivity contribution in [1.29, 1.82) is 0 Å². The number of nitrogens with zero attached hydrogens (tertiary/aromatic N) is 1. The van der Waals surface area contributed by atoms with Gasteiger partial charge in [0.2, 0.25) is 5.88 Å². The second kappa shape index (κ2) is 5.02. The molecule has 0 fully saturated rings. The average Bonchev–Trinajstić information content (AvgIpc) is 2.15. The zero-order chi connectivity index (χ0) is 11.4. The summed E-state index contributed by atoms with van der Waals surface area (Å²) in [7, 11) is 0. The third-order valence-electron chi connectivity index (χ3n) is 1.56. The molecule has 1 aromatic heterocycles. The molecular weight excluding hydrogens is 228 g/mol. The Hall–Kier alpha value is -1.23. The van der Waals surface area contributed by atoms with Crippen LogP contribution >= 0.6 is 11.6 Å². The minimum atomic E-state index is -2.59. The lowest BCUT2D eigenvalue weighted by molar-refractivity contribution is 0.0795. The number of ether oxygens (including phenoxy) is 1. The van der Waals surface area contributed by atoms with Gasteiger partial charge in [0.05, 0.1) is 0 Å². The molecule has 0 radical (unpaired) electrons. The molecular formula is C9H8ClF2NO2. The van der Waals surface area contributed by atoms with E-state index in [4.69, 9.17) is 11.6 Å². The SMILES string of the molecule is CC(=O)c1cnc(OCC(F)F)c(Cl)c1. The summed E-state index contributed by atoms with van der Waals surface area (Å²) in [6, 6.07) is 1.33. The number of ketones is 1. The maximum Gasteiger partial charge on any atom is 0.272 e. The predicted octanol–water partition coefficient (Wildman–Crippen LogP) is 2.58. The lowest BCUT2D eigenvalue weighted by atomic mass is 10.2. The fraction of sp³-hybridized carbons (Fsp3) is 0.333. The van der Waals surface area contributed by atoms with Crippen molar-refractivity contribution < 1.29 is 18.3 Å². The van der Waals surface area contributed by atoms with Crippen LogP contribution < -0.4 is 4.74 Å². The number of pyridine rings is 1. The molecule has 0 saturated heterocycles. The predicted molar refractivity (Wildman–Crippen MR) is 50.8 cm³/mol. The molecule has 1 heterocycles. The summed E-state index contributed by atoms with van der Waals surface area (Å²) < 4.78 is 28.2. The minimum absolute atomic E-state index is 0.0448. The Bertz CT molecular complexity index is 371. The summed E-state index contributed by atoms with van der Waals surface area (Å²) in [6.45, 7) is 0.583. The van der Waals surface area contributed by atoms with Crippen molar-refractivity contribution >= 4 is 17.4 Å². The second-order valence-electron chi connectivity index (χ2n) is 2.77. The monoisotopic (exact) mass is 235 g/mol. The first kappa shape index (κ1) is 11.8. The van der Waals surface area contributed by atoms with Crippen molar-refractivity contribution in [2.75, 3.05) is 6.61 Å². The number of hydrogen-bond acceptors (Lipinski definition) is 3. The van der Waals surface area contributed by atoms with Gasteiger partial charge in [-0.2, -0.15) is 0 Å². The van der Waals surface area contributed by atoms with Crippen molar-refractivity contribution in [3.8, 4) is 5.88 Å². The molecule has 6 heteroatoms. The molecule has 0 aliphatic carbocycles. The van der Waals surface area contributed by atoms with Gasteiger partial charge in [0.1, 0.15) is 5.02 Å². The molecule has 0 N–H and O–H groups in total. The van der Waals surface area contributed by atoms with E-state index >= 15 is 0 Å². The number of alkyl halides is 2. The Morgan fingerprint density at radius 2 is 2.33 bits per heavy atom. The molecule has 3 nitrogen and oxygen atoms in total. The van der Waals surface area contributed by atoms with Gasteiger partial charge in [-0.1, -0.05) is 11.6 Å². The van der Waals surface area contributed by atoms with Gasteiger partial charge in [-0.25, -0.2) is 13.8 Å². The van der Waals surface area contributed by atoms with Crippen molar-refractivity contribution in [2.45, 2.75) is 13.3 Å². The maximum atomic E-state index is 11.8. The molecule has 0 aromatic carbocycles. The number of carbonyl (C=O) groups is 1. The van der Waals surface area contributed by atoms with Gasteiger partial charge in [-0.05, 0) is 13.0 Å². The van der Waals surface area contributed by atoms with Gasteiger partial charge in [-0.15, -0.1) is 0 Å². The quantitative estimate of drug-likeness (QED) is 0.753. The van der Waals surface area contributed by atoms with Crippen molar-refractivity contribution in [3.05, 3.63) is 22.8 Å². The number of hydrogen-bond donors (Lipinski definition) is 0. The summed E-state index contributed by atoms with van der Waals surface area (Å²) >= 11 is 5.67. The van der Waals surface area contributed by atoms with E-state index in [2.05, 4.69) is 9.72 Å². The molecule has 0 spiro atoms. The van der Waals surface area contributed by atoms with Crippen LogP contribution in [0.3, 0.4) is 0 Å². The normalized spacial score (nSPS) is 10.5. The molecule has 0 unspecified atom stereocenters. The van der Waals surface area contributed by atoms with Crippen LogP contribution in [0.25, 0.3) is 0 Å². The topological polar surface area (TPSA) is 39.2 Å². The number of Topliss-reactive ketones (excluding diaryl/α,β-unsaturated/α-hetero) is 1. The van der Waals surface area contributed by atoms with Gasteiger partial charge in [0, 0.05) is 11.8 Å². The van der Waals surface area contributed by atoms with Crippen LogP contribution in [0.15, 0.2) is 12.3 Å². The highest BCUT2D eigenvalue weighted by Gasteiger charge is 2.10. The number of rotatable bonds is 4. The zero-order valence-electron chi connectivity index (χ0n) is 7.84. The van der Waals surface area contributed by atoms with Gasteiger partial charge >= 0.3 is 0 Å². The third-order valence-corrected chi connectivity index (χ3v) is 1.83. The molecule has 0 aliphatic rings. The Kier molecular flexibility index (Phi) is 3.96. The number of halogens is 3. The summed E-state index contributed by atoms with van der Waals surface area (Å²) in [5.41, 5.74) is 0.310. The van der Waals surface area contributed by atoms with E-state index in [0.717, 1.165) is 0 Å². The van der Waals surface area contributed by atoms with Crippen LogP contribution in [-0.4, -0.2) is 23.8 Å². The van der Waals surface area contributed by atoms with E-state index in [1.54, 1.807) is 0 Å². The highest BCUT2D eigenvalue weighted by molar-refractivity contribution is 6.32. The Morgan fingerprint density at radius 1 is 1.67 bits per heavy atom. The molecule has 1 aromatic rings. The summed E-state index contributed by atoms with van der Waals surface area (Å²) in [4.78, 5) is 14.6. The van der Waals surface area contributed by atoms with E-state index in [-0.39, 0.29) is 16.7 Å². The first-order valence-electron chi connectivity index (χ1n) is 4.08. The molecule has 0 atom stereocenters. The van der Waals surface area contributed by atoms with Crippen molar-refractivity contribution in [1.82, 2.24) is 4.98 Å². The summed E-state index contributed by atoms with van der Waals surface area (Å²) in [5.74, 6) is -0.299. The van der Waals surface area contributed by atoms with Crippen LogP contribution in [0, 0.1) is 0 Å². The Labute approximate surface area is 90.0 Å². The molecule has 0 amide bonds. The van der Waals surface area contributed by atoms with E-state index in [1.807, 2.05) is 0 Å². The van der Waals surface area contributed by atoms with Crippen LogP contribution in [0.1, 0.15) is 17.3 Å². The summed E-state index contributed by atoms with van der Waals surface area (Å²) in [5, 5.41) is 0.0448. The molecule has 0 bridgehead atoms. The van der Waals surface area contributed by atoms with E-state index in [9.17, 15) is 13.6 Å². The van der Waals surface area contributed by atoms with Crippen molar-refractivity contribution in [2.24, 2.45) is 0 Å². The van der Waals surface area contributed by atoms with Gasteiger partial charge in [0.25, 0.3) is 6.43 Å². The Morgan fingerprint density at radius 3 is 2.80 bits per heavy atom. The van der Waals surface area contributed by atoms with Crippen LogP contribution in [-0.2, 0) is 0 Å². The van der Waals surface area contributed by atoms with Crippen molar-refractivity contribution in [3.63, 3.8) is 0 Å². The summed E-state index contributed by atoms with van der Waals surface area (Å²) in [6.07, 6.45) is -1.36. The van der Waals surface area contributed by atoms with E-state index in [0.29, 0.717) is 5.56 Å². The first-order chi connectivity index (χ1) is 7.00. The molecule has 1 rings (SSSR count). The Balaban J connectivity index is 2.79. The molecule has 15 heavy (non-hydrogen) atoms. The lowest BCUT2D eigenvalue weighted by Gasteiger charge is -2.06. The minimum Gasteiger partial charge on any atom is -0.471 e. The lowest BCUT2D eigenvalue weighted by Crippen LogP contribution is -2.08. The van der Waals surface area contributed by atoms with E-state index < -0.39 is 13.0 Å². The van der Waals surface area contributed by atoms with Crippen LogP contribution in [0.4, 0.5) is 8.78 Å². The van der Waals surface area contributed by atoms with E-state index in [1.165, 1.54) is 19.2 Å². The fourth-order valence-electron chi connectivity index (χ4n) is 0.866. The van der Waals surface area contributed by atoms with Crippen LogP contribution in [0.2, 0.25) is 5.02 Å². The van der Waals surface area contributed by atoms with Crippen LogP contribution in [0.5, 0.6) is 5.88 Å². The maximum absolute atomic E-state index is 11.8. The smallest absolute Gasteiger partial charge is 0.272 e. The number of aromatic nitrogens is 1. The number of carbonyl (C=O) groups excluding carboxylic acids is 1. The molecule has 0 aliphatic heterocycles. The largest absolute Gasteiger partial charge is 0.471 e.